The smallest absolute Gasteiger partial charge is 0.201 e. The summed E-state index contributed by atoms with van der Waals surface area (Å²) < 4.78 is 34.2. The molecule has 0 atom stereocenters. The van der Waals surface area contributed by atoms with Crippen molar-refractivity contribution >= 4 is 0 Å². The summed E-state index contributed by atoms with van der Waals surface area (Å²) in [4.78, 5) is 0. The van der Waals surface area contributed by atoms with Crippen molar-refractivity contribution < 1.29 is 13.5 Å². The quantitative estimate of drug-likeness (QED) is 0.535. The van der Waals surface area contributed by atoms with Gasteiger partial charge in [-0.1, -0.05) is 44.0 Å². The molecule has 26 heavy (non-hydrogen) atoms. The molecule has 0 aromatic heterocycles. The fourth-order valence-corrected chi connectivity index (χ4v) is 4.28. The number of hydrogen-bond acceptors (Lipinski definition) is 1. The Morgan fingerprint density at radius 2 is 1.62 bits per heavy atom. The number of hydrogen-bond donors (Lipinski definition) is 0. The summed E-state index contributed by atoms with van der Waals surface area (Å²) in [5.74, 6) is -0.489. The van der Waals surface area contributed by atoms with Gasteiger partial charge in [0.15, 0.2) is 11.6 Å². The minimum absolute atomic E-state index is 0.0219. The molecule has 140 valence electrons. The monoisotopic (exact) mass is 358 g/mol. The second-order valence-electron chi connectivity index (χ2n) is 7.27. The highest BCUT2D eigenvalue weighted by Crippen LogP contribution is 2.42. The first-order chi connectivity index (χ1) is 12.7. The van der Waals surface area contributed by atoms with Gasteiger partial charge in [0, 0.05) is 5.56 Å². The van der Waals surface area contributed by atoms with Crippen molar-refractivity contribution in [1.82, 2.24) is 0 Å². The highest BCUT2D eigenvalue weighted by molar-refractivity contribution is 5.69. The molecule has 1 aliphatic carbocycles. The molecule has 0 N–H and O–H groups in total. The van der Waals surface area contributed by atoms with E-state index in [1.54, 1.807) is 13.0 Å². The Balaban J connectivity index is 1.90. The predicted molar refractivity (Wildman–Crippen MR) is 103 cm³/mol. The fraction of sp³-hybridized carbons (Fsp3) is 0.478. The molecule has 0 bridgehead atoms. The average Bonchev–Trinajstić information content (AvgIpc) is 2.67. The zero-order chi connectivity index (χ0) is 18.5. The summed E-state index contributed by atoms with van der Waals surface area (Å²) in [7, 11) is 0. The van der Waals surface area contributed by atoms with Crippen molar-refractivity contribution in [1.29, 1.82) is 0 Å². The predicted octanol–water partition coefficient (Wildman–Crippen LogP) is 7.10. The zero-order valence-corrected chi connectivity index (χ0v) is 15.7. The second-order valence-corrected chi connectivity index (χ2v) is 7.27. The second kappa shape index (κ2) is 8.66. The first kappa shape index (κ1) is 18.9. The molecule has 1 nitrogen and oxygen atoms in total. The Morgan fingerprint density at radius 1 is 0.885 bits per heavy atom. The Morgan fingerprint density at radius 3 is 2.31 bits per heavy atom. The van der Waals surface area contributed by atoms with Crippen LogP contribution in [-0.2, 0) is 0 Å². The topological polar surface area (TPSA) is 9.23 Å². The summed E-state index contributed by atoms with van der Waals surface area (Å²) in [6, 6.07) is 11.1. The largest absolute Gasteiger partial charge is 0.491 e. The molecule has 0 saturated heterocycles. The molecule has 1 saturated carbocycles. The van der Waals surface area contributed by atoms with Crippen molar-refractivity contribution in [2.75, 3.05) is 6.61 Å². The molecule has 1 fully saturated rings. The van der Waals surface area contributed by atoms with Crippen LogP contribution >= 0.6 is 0 Å². The molecule has 0 radical (unpaired) electrons. The van der Waals surface area contributed by atoms with E-state index in [1.807, 2.05) is 18.2 Å². The van der Waals surface area contributed by atoms with Gasteiger partial charge in [-0.15, -0.1) is 0 Å². The number of halogens is 2. The molecule has 0 spiro atoms. The summed E-state index contributed by atoms with van der Waals surface area (Å²) >= 11 is 0. The summed E-state index contributed by atoms with van der Waals surface area (Å²) in [5, 5.41) is 0. The SMILES string of the molecule is CCCC1CCC(c2ccccc2-c2ccc(OCC)c(F)c2F)CC1. The van der Waals surface area contributed by atoms with Crippen molar-refractivity contribution in [2.24, 2.45) is 5.92 Å². The van der Waals surface area contributed by atoms with Gasteiger partial charge in [-0.25, -0.2) is 4.39 Å². The molecular formula is C23H28F2O. The van der Waals surface area contributed by atoms with E-state index in [-0.39, 0.29) is 5.75 Å². The van der Waals surface area contributed by atoms with Crippen LogP contribution in [0.25, 0.3) is 11.1 Å². The summed E-state index contributed by atoms with van der Waals surface area (Å²) in [5.41, 5.74) is 2.29. The summed E-state index contributed by atoms with van der Waals surface area (Å²) in [6.45, 7) is 4.31. The molecular weight excluding hydrogens is 330 g/mol. The van der Waals surface area contributed by atoms with Crippen LogP contribution in [0.1, 0.15) is 63.9 Å². The van der Waals surface area contributed by atoms with E-state index in [0.29, 0.717) is 18.1 Å². The van der Waals surface area contributed by atoms with E-state index in [9.17, 15) is 8.78 Å². The van der Waals surface area contributed by atoms with Crippen LogP contribution < -0.4 is 4.74 Å². The maximum Gasteiger partial charge on any atom is 0.201 e. The van der Waals surface area contributed by atoms with E-state index in [1.165, 1.54) is 31.7 Å². The third-order valence-corrected chi connectivity index (χ3v) is 5.58. The lowest BCUT2D eigenvalue weighted by Crippen LogP contribution is -2.14. The van der Waals surface area contributed by atoms with Crippen LogP contribution in [-0.4, -0.2) is 6.61 Å². The lowest BCUT2D eigenvalue weighted by atomic mass is 9.75. The van der Waals surface area contributed by atoms with Crippen LogP contribution in [0.5, 0.6) is 5.75 Å². The Bertz CT molecular complexity index is 733. The van der Waals surface area contributed by atoms with E-state index in [2.05, 4.69) is 13.0 Å². The van der Waals surface area contributed by atoms with E-state index in [4.69, 9.17) is 4.74 Å². The fourth-order valence-electron chi connectivity index (χ4n) is 4.28. The molecule has 2 aromatic rings. The average molecular weight is 358 g/mol. The van der Waals surface area contributed by atoms with Gasteiger partial charge in [0.2, 0.25) is 5.82 Å². The molecule has 2 aromatic carbocycles. The van der Waals surface area contributed by atoms with Crippen LogP contribution in [0, 0.1) is 17.6 Å². The van der Waals surface area contributed by atoms with Crippen LogP contribution in [0.4, 0.5) is 8.78 Å². The van der Waals surface area contributed by atoms with Crippen molar-refractivity contribution in [3.8, 4) is 16.9 Å². The standard InChI is InChI=1S/C23H28F2O/c1-3-7-16-10-12-17(13-11-16)18-8-5-6-9-19(18)20-14-15-21(26-4-2)23(25)22(20)24/h5-6,8-9,14-17H,3-4,7,10-13H2,1-2H3. The molecule has 0 unspecified atom stereocenters. The third-order valence-electron chi connectivity index (χ3n) is 5.58. The zero-order valence-electron chi connectivity index (χ0n) is 15.7. The molecule has 1 aliphatic rings. The number of rotatable bonds is 6. The Labute approximate surface area is 155 Å². The van der Waals surface area contributed by atoms with E-state index < -0.39 is 11.6 Å². The molecule has 0 heterocycles. The van der Waals surface area contributed by atoms with Gasteiger partial charge < -0.3 is 4.74 Å². The third kappa shape index (κ3) is 3.92. The molecule has 3 heteroatoms. The van der Waals surface area contributed by atoms with Gasteiger partial charge in [-0.3, -0.25) is 0 Å². The van der Waals surface area contributed by atoms with Gasteiger partial charge in [0.1, 0.15) is 0 Å². The van der Waals surface area contributed by atoms with Crippen LogP contribution in [0.15, 0.2) is 36.4 Å². The van der Waals surface area contributed by atoms with E-state index >= 15 is 0 Å². The first-order valence-corrected chi connectivity index (χ1v) is 9.85. The lowest BCUT2D eigenvalue weighted by molar-refractivity contribution is 0.308. The molecule has 0 aliphatic heterocycles. The highest BCUT2D eigenvalue weighted by Gasteiger charge is 2.25. The minimum Gasteiger partial charge on any atom is -0.491 e. The van der Waals surface area contributed by atoms with Crippen LogP contribution in [0.2, 0.25) is 0 Å². The highest BCUT2D eigenvalue weighted by atomic mass is 19.2. The van der Waals surface area contributed by atoms with Crippen molar-refractivity contribution in [3.05, 3.63) is 53.6 Å². The van der Waals surface area contributed by atoms with Gasteiger partial charge >= 0.3 is 0 Å². The van der Waals surface area contributed by atoms with Gasteiger partial charge in [0.05, 0.1) is 6.61 Å². The normalized spacial score (nSPS) is 20.2. The molecule has 0 amide bonds. The van der Waals surface area contributed by atoms with Crippen molar-refractivity contribution in [2.45, 2.75) is 58.3 Å². The summed E-state index contributed by atoms with van der Waals surface area (Å²) in [6.07, 6.45) is 7.25. The number of ether oxygens (including phenoxy) is 1. The van der Waals surface area contributed by atoms with Gasteiger partial charge in [-0.05, 0) is 67.7 Å². The maximum absolute atomic E-state index is 14.7. The van der Waals surface area contributed by atoms with Crippen LogP contribution in [0.3, 0.4) is 0 Å². The maximum atomic E-state index is 14.7. The minimum atomic E-state index is -0.897. The Kier molecular flexibility index (Phi) is 6.29. The first-order valence-electron chi connectivity index (χ1n) is 9.85. The molecule has 3 rings (SSSR count). The Hall–Kier alpha value is -1.90. The van der Waals surface area contributed by atoms with E-state index in [0.717, 1.165) is 29.9 Å². The van der Waals surface area contributed by atoms with Gasteiger partial charge in [0.25, 0.3) is 0 Å². The number of benzene rings is 2. The van der Waals surface area contributed by atoms with Crippen molar-refractivity contribution in [3.63, 3.8) is 0 Å². The lowest BCUT2D eigenvalue weighted by Gasteiger charge is -2.30. The van der Waals surface area contributed by atoms with Gasteiger partial charge in [-0.2, -0.15) is 4.39 Å².